The van der Waals surface area contributed by atoms with Gasteiger partial charge >= 0.3 is 0 Å². The molecule has 29 heavy (non-hydrogen) atoms. The standard InChI is InChI=1S/C21H19N3O3S2/c25-19(22-23-9-11-27-12-10-23)16-7-4-8-17(14-16)24-20(26)18(29-21(24)28)13-15-5-2-1-3-6-15/h1-8,13-14H,9-12H2,(H,22,25)/b18-13-. The highest BCUT2D eigenvalue weighted by Gasteiger charge is 2.33. The number of rotatable bonds is 4. The SMILES string of the molecule is O=C(NN1CCOCC1)c1cccc(N2C(=O)/C(=C/c3ccccc3)SC2=S)c1. The lowest BCUT2D eigenvalue weighted by atomic mass is 10.1. The maximum Gasteiger partial charge on any atom is 0.270 e. The van der Waals surface area contributed by atoms with Crippen molar-refractivity contribution < 1.29 is 14.3 Å². The monoisotopic (exact) mass is 425 g/mol. The van der Waals surface area contributed by atoms with E-state index in [4.69, 9.17) is 17.0 Å². The van der Waals surface area contributed by atoms with Gasteiger partial charge in [-0.05, 0) is 29.8 Å². The minimum Gasteiger partial charge on any atom is -0.379 e. The molecule has 1 N–H and O–H groups in total. The summed E-state index contributed by atoms with van der Waals surface area (Å²) in [5, 5.41) is 1.83. The molecular formula is C21H19N3O3S2. The van der Waals surface area contributed by atoms with Gasteiger partial charge in [-0.15, -0.1) is 0 Å². The van der Waals surface area contributed by atoms with E-state index in [2.05, 4.69) is 5.43 Å². The third-order valence-corrected chi connectivity index (χ3v) is 5.83. The van der Waals surface area contributed by atoms with Crippen LogP contribution in [0.25, 0.3) is 6.08 Å². The molecular weight excluding hydrogens is 406 g/mol. The summed E-state index contributed by atoms with van der Waals surface area (Å²) in [7, 11) is 0. The second kappa shape index (κ2) is 8.87. The van der Waals surface area contributed by atoms with Crippen LogP contribution < -0.4 is 10.3 Å². The summed E-state index contributed by atoms with van der Waals surface area (Å²) in [6.45, 7) is 2.46. The second-order valence-electron chi connectivity index (χ2n) is 6.52. The predicted octanol–water partition coefficient (Wildman–Crippen LogP) is 3.07. The number of carbonyl (C=O) groups is 2. The number of hydrogen-bond acceptors (Lipinski definition) is 6. The van der Waals surface area contributed by atoms with Crippen LogP contribution in [-0.2, 0) is 9.53 Å². The zero-order chi connectivity index (χ0) is 20.2. The molecule has 2 amide bonds. The Labute approximate surface area is 178 Å². The first-order valence-electron chi connectivity index (χ1n) is 9.18. The van der Waals surface area contributed by atoms with Crippen molar-refractivity contribution in [3.63, 3.8) is 0 Å². The first kappa shape index (κ1) is 19.8. The Balaban J connectivity index is 1.53. The smallest absolute Gasteiger partial charge is 0.270 e. The van der Waals surface area contributed by atoms with Crippen LogP contribution >= 0.6 is 24.0 Å². The first-order valence-corrected chi connectivity index (χ1v) is 10.4. The van der Waals surface area contributed by atoms with Crippen LogP contribution in [-0.4, -0.2) is 47.4 Å². The van der Waals surface area contributed by atoms with E-state index < -0.39 is 0 Å². The Bertz CT molecular complexity index is 972. The number of nitrogens with zero attached hydrogens (tertiary/aromatic N) is 2. The van der Waals surface area contributed by atoms with Gasteiger partial charge in [-0.25, -0.2) is 5.01 Å². The number of hydrogen-bond donors (Lipinski definition) is 1. The highest BCUT2D eigenvalue weighted by atomic mass is 32.2. The fourth-order valence-electron chi connectivity index (χ4n) is 3.06. The van der Waals surface area contributed by atoms with Gasteiger partial charge in [-0.3, -0.25) is 19.9 Å². The van der Waals surface area contributed by atoms with Crippen molar-refractivity contribution in [2.75, 3.05) is 31.2 Å². The number of nitrogens with one attached hydrogen (secondary N) is 1. The average molecular weight is 426 g/mol. The zero-order valence-corrected chi connectivity index (χ0v) is 17.2. The molecule has 0 bridgehead atoms. The summed E-state index contributed by atoms with van der Waals surface area (Å²) in [5.41, 5.74) is 4.86. The van der Waals surface area contributed by atoms with Gasteiger partial charge in [-0.1, -0.05) is 60.4 Å². The van der Waals surface area contributed by atoms with E-state index in [1.165, 1.54) is 16.7 Å². The van der Waals surface area contributed by atoms with Gasteiger partial charge in [0.15, 0.2) is 4.32 Å². The number of morpholine rings is 1. The van der Waals surface area contributed by atoms with Crippen molar-refractivity contribution in [1.82, 2.24) is 10.4 Å². The topological polar surface area (TPSA) is 61.9 Å². The molecule has 2 aliphatic rings. The maximum absolute atomic E-state index is 12.9. The Kier molecular flexibility index (Phi) is 6.05. The number of carbonyl (C=O) groups excluding carboxylic acids is 2. The third-order valence-electron chi connectivity index (χ3n) is 4.53. The molecule has 0 aliphatic carbocycles. The molecule has 2 aliphatic heterocycles. The molecule has 8 heteroatoms. The van der Waals surface area contributed by atoms with E-state index in [9.17, 15) is 9.59 Å². The predicted molar refractivity (Wildman–Crippen MR) is 118 cm³/mol. The van der Waals surface area contributed by atoms with Crippen LogP contribution in [0, 0.1) is 0 Å². The zero-order valence-electron chi connectivity index (χ0n) is 15.5. The Hall–Kier alpha value is -2.52. The number of hydrazine groups is 1. The number of thioether (sulfide) groups is 1. The molecule has 6 nitrogen and oxygen atoms in total. The number of anilines is 1. The molecule has 2 aromatic rings. The van der Waals surface area contributed by atoms with Crippen LogP contribution in [0.4, 0.5) is 5.69 Å². The van der Waals surface area contributed by atoms with E-state index in [1.54, 1.807) is 24.3 Å². The quantitative estimate of drug-likeness (QED) is 0.600. The molecule has 2 saturated heterocycles. The number of thiocarbonyl (C=S) groups is 1. The Morgan fingerprint density at radius 2 is 1.86 bits per heavy atom. The van der Waals surface area contributed by atoms with Gasteiger partial charge in [0.05, 0.1) is 23.8 Å². The summed E-state index contributed by atoms with van der Waals surface area (Å²) in [4.78, 5) is 27.6. The number of ether oxygens (including phenoxy) is 1. The number of amides is 2. The molecule has 0 unspecified atom stereocenters. The van der Waals surface area contributed by atoms with E-state index in [1.807, 2.05) is 41.4 Å². The summed E-state index contributed by atoms with van der Waals surface area (Å²) in [6, 6.07) is 16.6. The third kappa shape index (κ3) is 4.56. The highest BCUT2D eigenvalue weighted by molar-refractivity contribution is 8.27. The van der Waals surface area contributed by atoms with Crippen molar-refractivity contribution >= 4 is 51.9 Å². The lowest BCUT2D eigenvalue weighted by Gasteiger charge is -2.27. The fraction of sp³-hybridized carbons (Fsp3) is 0.190. The van der Waals surface area contributed by atoms with Gasteiger partial charge in [0.25, 0.3) is 11.8 Å². The minimum absolute atomic E-state index is 0.186. The van der Waals surface area contributed by atoms with Gasteiger partial charge in [0, 0.05) is 18.7 Å². The largest absolute Gasteiger partial charge is 0.379 e. The van der Waals surface area contributed by atoms with Crippen LogP contribution in [0.2, 0.25) is 0 Å². The van der Waals surface area contributed by atoms with E-state index >= 15 is 0 Å². The average Bonchev–Trinajstić information content (AvgIpc) is 3.02. The number of benzene rings is 2. The minimum atomic E-state index is -0.223. The van der Waals surface area contributed by atoms with E-state index in [0.29, 0.717) is 46.8 Å². The van der Waals surface area contributed by atoms with Gasteiger partial charge in [0.1, 0.15) is 0 Å². The normalized spacial score (nSPS) is 19.0. The Morgan fingerprint density at radius 1 is 1.10 bits per heavy atom. The van der Waals surface area contributed by atoms with Crippen molar-refractivity contribution in [2.24, 2.45) is 0 Å². The fourth-order valence-corrected chi connectivity index (χ4v) is 4.36. The van der Waals surface area contributed by atoms with Crippen LogP contribution in [0.3, 0.4) is 0 Å². The van der Waals surface area contributed by atoms with Crippen molar-refractivity contribution in [3.8, 4) is 0 Å². The summed E-state index contributed by atoms with van der Waals surface area (Å²) in [5.74, 6) is -0.409. The van der Waals surface area contributed by atoms with Gasteiger partial charge in [0.2, 0.25) is 0 Å². The molecule has 0 saturated carbocycles. The van der Waals surface area contributed by atoms with Crippen LogP contribution in [0.5, 0.6) is 0 Å². The lowest BCUT2D eigenvalue weighted by Crippen LogP contribution is -2.48. The maximum atomic E-state index is 12.9. The van der Waals surface area contributed by atoms with Gasteiger partial charge < -0.3 is 4.74 Å². The van der Waals surface area contributed by atoms with Gasteiger partial charge in [-0.2, -0.15) is 0 Å². The van der Waals surface area contributed by atoms with Crippen molar-refractivity contribution in [1.29, 1.82) is 0 Å². The molecule has 148 valence electrons. The molecule has 2 aromatic carbocycles. The molecule has 4 rings (SSSR count). The molecule has 0 aromatic heterocycles. The molecule has 0 spiro atoms. The molecule has 2 fully saturated rings. The summed E-state index contributed by atoms with van der Waals surface area (Å²) < 4.78 is 5.74. The molecule has 0 atom stereocenters. The molecule has 2 heterocycles. The van der Waals surface area contributed by atoms with Crippen molar-refractivity contribution in [2.45, 2.75) is 0 Å². The second-order valence-corrected chi connectivity index (χ2v) is 8.19. The highest BCUT2D eigenvalue weighted by Crippen LogP contribution is 2.36. The summed E-state index contributed by atoms with van der Waals surface area (Å²) in [6.07, 6.45) is 1.83. The summed E-state index contributed by atoms with van der Waals surface area (Å²) >= 11 is 6.70. The van der Waals surface area contributed by atoms with Crippen LogP contribution in [0.1, 0.15) is 15.9 Å². The van der Waals surface area contributed by atoms with E-state index in [-0.39, 0.29) is 11.8 Å². The van der Waals surface area contributed by atoms with E-state index in [0.717, 1.165) is 5.56 Å². The Morgan fingerprint density at radius 3 is 2.62 bits per heavy atom. The first-order chi connectivity index (χ1) is 14.1. The lowest BCUT2D eigenvalue weighted by molar-refractivity contribution is -0.113. The van der Waals surface area contributed by atoms with Crippen LogP contribution in [0.15, 0.2) is 59.5 Å². The molecule has 0 radical (unpaired) electrons. The van der Waals surface area contributed by atoms with Crippen molar-refractivity contribution in [3.05, 3.63) is 70.6 Å².